The van der Waals surface area contributed by atoms with Crippen LogP contribution in [0.5, 0.6) is 0 Å². The Bertz CT molecular complexity index is 687. The summed E-state index contributed by atoms with van der Waals surface area (Å²) >= 11 is 0. The van der Waals surface area contributed by atoms with Crippen LogP contribution in [0.25, 0.3) is 0 Å². The minimum atomic E-state index is -0.296. The van der Waals surface area contributed by atoms with Crippen molar-refractivity contribution >= 4 is 11.6 Å². The maximum absolute atomic E-state index is 13.6. The van der Waals surface area contributed by atoms with Gasteiger partial charge in [-0.25, -0.2) is 4.39 Å². The second-order valence-electron chi connectivity index (χ2n) is 5.82. The van der Waals surface area contributed by atoms with Gasteiger partial charge in [-0.1, -0.05) is 30.3 Å². The first-order chi connectivity index (χ1) is 11.1. The number of primary amides is 1. The molecule has 1 heterocycles. The number of halogens is 1. The molecule has 0 bridgehead atoms. The molecule has 5 heteroatoms. The van der Waals surface area contributed by atoms with Gasteiger partial charge in [0.2, 0.25) is 5.91 Å². The lowest BCUT2D eigenvalue weighted by Gasteiger charge is -2.14. The normalized spacial score (nSPS) is 20.4. The number of amides is 1. The average Bonchev–Trinajstić information content (AvgIpc) is 3.05. The van der Waals surface area contributed by atoms with Crippen molar-refractivity contribution in [2.75, 3.05) is 5.32 Å². The topological polar surface area (TPSA) is 67.2 Å². The molecule has 0 unspecified atom stereocenters. The van der Waals surface area contributed by atoms with Gasteiger partial charge in [0.15, 0.2) is 0 Å². The molecule has 0 aromatic heterocycles. The Morgan fingerprint density at radius 2 is 1.91 bits per heavy atom. The van der Waals surface area contributed by atoms with Crippen LogP contribution in [0.1, 0.15) is 30.0 Å². The van der Waals surface area contributed by atoms with Crippen molar-refractivity contribution in [3.63, 3.8) is 0 Å². The summed E-state index contributed by atoms with van der Waals surface area (Å²) in [5, 5.41) is 6.46. The first-order valence-electron chi connectivity index (χ1n) is 7.76. The smallest absolute Gasteiger partial charge is 0.234 e. The third kappa shape index (κ3) is 3.68. The van der Waals surface area contributed by atoms with Crippen LogP contribution in [0.2, 0.25) is 0 Å². The highest BCUT2D eigenvalue weighted by molar-refractivity contribution is 5.80. The van der Waals surface area contributed by atoms with E-state index in [9.17, 15) is 9.18 Å². The summed E-state index contributed by atoms with van der Waals surface area (Å²) in [7, 11) is 0. The second kappa shape index (κ2) is 6.79. The number of nitrogens with one attached hydrogen (secondary N) is 2. The molecule has 4 N–H and O–H groups in total. The van der Waals surface area contributed by atoms with Crippen LogP contribution in [0.15, 0.2) is 48.5 Å². The van der Waals surface area contributed by atoms with Crippen molar-refractivity contribution in [1.82, 2.24) is 5.32 Å². The largest absolute Gasteiger partial charge is 0.381 e. The summed E-state index contributed by atoms with van der Waals surface area (Å²) in [4.78, 5) is 11.2. The van der Waals surface area contributed by atoms with Gasteiger partial charge in [0.05, 0.1) is 6.04 Å². The van der Waals surface area contributed by atoms with Gasteiger partial charge in [-0.05, 0) is 36.6 Å². The van der Waals surface area contributed by atoms with Gasteiger partial charge in [-0.2, -0.15) is 0 Å². The minimum Gasteiger partial charge on any atom is -0.381 e. The Labute approximate surface area is 134 Å². The predicted octanol–water partition coefficient (Wildman–Crippen LogP) is 2.72. The van der Waals surface area contributed by atoms with Crippen molar-refractivity contribution in [2.45, 2.75) is 31.5 Å². The summed E-state index contributed by atoms with van der Waals surface area (Å²) in [5.74, 6) is -0.500. The van der Waals surface area contributed by atoms with E-state index in [0.29, 0.717) is 12.1 Å². The summed E-state index contributed by atoms with van der Waals surface area (Å²) in [6.07, 6.45) is 1.67. The number of benzene rings is 2. The van der Waals surface area contributed by atoms with Gasteiger partial charge in [0, 0.05) is 23.8 Å². The van der Waals surface area contributed by atoms with E-state index in [1.165, 1.54) is 6.07 Å². The molecule has 0 spiro atoms. The number of hydrogen-bond donors (Lipinski definition) is 3. The van der Waals surface area contributed by atoms with Gasteiger partial charge in [-0.15, -0.1) is 0 Å². The summed E-state index contributed by atoms with van der Waals surface area (Å²) in [6.45, 7) is 0.442. The van der Waals surface area contributed by atoms with Crippen LogP contribution >= 0.6 is 0 Å². The Hall–Kier alpha value is -2.40. The summed E-state index contributed by atoms with van der Waals surface area (Å²) in [6, 6.07) is 14.6. The van der Waals surface area contributed by atoms with E-state index >= 15 is 0 Å². The molecule has 0 aliphatic carbocycles. The fourth-order valence-corrected chi connectivity index (χ4v) is 2.90. The lowest BCUT2D eigenvalue weighted by atomic mass is 10.0. The molecular weight excluding hydrogens is 293 g/mol. The fourth-order valence-electron chi connectivity index (χ4n) is 2.90. The zero-order chi connectivity index (χ0) is 16.2. The van der Waals surface area contributed by atoms with Crippen molar-refractivity contribution in [3.05, 3.63) is 65.5 Å². The van der Waals surface area contributed by atoms with E-state index < -0.39 is 0 Å². The lowest BCUT2D eigenvalue weighted by Crippen LogP contribution is -2.37. The maximum Gasteiger partial charge on any atom is 0.234 e. The third-order valence-electron chi connectivity index (χ3n) is 4.24. The Morgan fingerprint density at radius 3 is 2.57 bits per heavy atom. The number of nitrogens with two attached hydrogens (primary N) is 1. The monoisotopic (exact) mass is 313 g/mol. The van der Waals surface area contributed by atoms with Crippen LogP contribution in [-0.2, 0) is 11.3 Å². The molecule has 0 radical (unpaired) electrons. The maximum atomic E-state index is 13.6. The molecule has 2 aromatic carbocycles. The molecule has 23 heavy (non-hydrogen) atoms. The fraction of sp³-hybridized carbons (Fsp3) is 0.278. The molecule has 4 nitrogen and oxygen atoms in total. The Balaban J connectivity index is 1.59. The van der Waals surface area contributed by atoms with Crippen LogP contribution in [-0.4, -0.2) is 11.9 Å². The minimum absolute atomic E-state index is 0.160. The highest BCUT2D eigenvalue weighted by atomic mass is 19.1. The number of rotatable bonds is 5. The number of carbonyl (C=O) groups excluding carboxylic acids is 1. The second-order valence-corrected chi connectivity index (χ2v) is 5.82. The lowest BCUT2D eigenvalue weighted by molar-refractivity contribution is -0.119. The zero-order valence-electron chi connectivity index (χ0n) is 12.8. The molecule has 2 atom stereocenters. The SMILES string of the molecule is NC(=O)[C@@H]1CC[C@H](c2ccc(NCc3ccccc3F)cc2)N1. The van der Waals surface area contributed by atoms with E-state index in [2.05, 4.69) is 10.6 Å². The number of hydrogen-bond acceptors (Lipinski definition) is 3. The van der Waals surface area contributed by atoms with Crippen molar-refractivity contribution in [2.24, 2.45) is 5.73 Å². The van der Waals surface area contributed by atoms with Gasteiger partial charge in [0.1, 0.15) is 5.82 Å². The molecule has 120 valence electrons. The van der Waals surface area contributed by atoms with Crippen molar-refractivity contribution in [1.29, 1.82) is 0 Å². The van der Waals surface area contributed by atoms with Crippen LogP contribution in [0, 0.1) is 5.82 Å². The molecule has 1 amide bonds. The highest BCUT2D eigenvalue weighted by Gasteiger charge is 2.28. The van der Waals surface area contributed by atoms with Crippen LogP contribution in [0.3, 0.4) is 0 Å². The summed E-state index contributed by atoms with van der Waals surface area (Å²) in [5.41, 5.74) is 8.03. The van der Waals surface area contributed by atoms with E-state index in [1.54, 1.807) is 12.1 Å². The Kier molecular flexibility index (Phi) is 4.57. The molecule has 1 aliphatic heterocycles. The molecule has 1 fully saturated rings. The van der Waals surface area contributed by atoms with E-state index in [-0.39, 0.29) is 23.8 Å². The van der Waals surface area contributed by atoms with Crippen LogP contribution in [0.4, 0.5) is 10.1 Å². The third-order valence-corrected chi connectivity index (χ3v) is 4.24. The average molecular weight is 313 g/mol. The molecule has 1 saturated heterocycles. The first kappa shape index (κ1) is 15.5. The molecule has 3 rings (SSSR count). The van der Waals surface area contributed by atoms with Gasteiger partial charge < -0.3 is 11.1 Å². The number of carbonyl (C=O) groups is 1. The van der Waals surface area contributed by atoms with Crippen molar-refractivity contribution in [3.8, 4) is 0 Å². The predicted molar refractivity (Wildman–Crippen MR) is 88.3 cm³/mol. The van der Waals surface area contributed by atoms with Crippen molar-refractivity contribution < 1.29 is 9.18 Å². The van der Waals surface area contributed by atoms with Gasteiger partial charge in [0.25, 0.3) is 0 Å². The zero-order valence-corrected chi connectivity index (χ0v) is 12.8. The Morgan fingerprint density at radius 1 is 1.17 bits per heavy atom. The standard InChI is InChI=1S/C18H20FN3O/c19-15-4-2-1-3-13(15)11-21-14-7-5-12(6-8-14)16-9-10-17(22-16)18(20)23/h1-8,16-17,21-22H,9-11H2,(H2,20,23)/t16-,17+/m1/s1. The molecule has 0 saturated carbocycles. The highest BCUT2D eigenvalue weighted by Crippen LogP contribution is 2.27. The number of anilines is 1. The molecular formula is C18H20FN3O. The molecule has 2 aromatic rings. The van der Waals surface area contributed by atoms with Gasteiger partial charge in [-0.3, -0.25) is 10.1 Å². The quantitative estimate of drug-likeness (QED) is 0.795. The van der Waals surface area contributed by atoms with E-state index in [4.69, 9.17) is 5.73 Å². The van der Waals surface area contributed by atoms with E-state index in [1.807, 2.05) is 30.3 Å². The van der Waals surface area contributed by atoms with E-state index in [0.717, 1.165) is 24.1 Å². The van der Waals surface area contributed by atoms with Crippen LogP contribution < -0.4 is 16.4 Å². The summed E-state index contributed by atoms with van der Waals surface area (Å²) < 4.78 is 13.6. The van der Waals surface area contributed by atoms with Gasteiger partial charge >= 0.3 is 0 Å². The first-order valence-corrected chi connectivity index (χ1v) is 7.76. The molecule has 1 aliphatic rings.